The molecule has 0 aliphatic heterocycles. The van der Waals surface area contributed by atoms with Gasteiger partial charge in [0.15, 0.2) is 11.6 Å². The Bertz CT molecular complexity index is 2150. The van der Waals surface area contributed by atoms with Gasteiger partial charge in [0.25, 0.3) is 0 Å². The summed E-state index contributed by atoms with van der Waals surface area (Å²) in [6, 6.07) is 52.2. The van der Waals surface area contributed by atoms with E-state index in [0.29, 0.717) is 17.6 Å². The molecule has 0 fully saturated rings. The van der Waals surface area contributed by atoms with E-state index in [9.17, 15) is 0 Å². The molecule has 8 rings (SSSR count). The molecule has 194 valence electrons. The first-order valence-electron chi connectivity index (χ1n) is 13.6. The van der Waals surface area contributed by atoms with Crippen LogP contribution < -0.4 is 0 Å². The minimum Gasteiger partial charge on any atom is -0.278 e. The average molecular weight is 761 g/mol. The van der Waals surface area contributed by atoms with Crippen molar-refractivity contribution in [2.45, 2.75) is 0 Å². The van der Waals surface area contributed by atoms with Gasteiger partial charge in [-0.2, -0.15) is 51.9 Å². The van der Waals surface area contributed by atoms with Gasteiger partial charge < -0.3 is 0 Å². The summed E-state index contributed by atoms with van der Waals surface area (Å²) in [5, 5.41) is 4.36. The quantitative estimate of drug-likeness (QED) is 0.169. The van der Waals surface area contributed by atoms with Crippen molar-refractivity contribution < 1.29 is 31.1 Å². The van der Waals surface area contributed by atoms with E-state index in [4.69, 9.17) is 15.0 Å². The standard InChI is InChI=1S/C37H22N4.U/c1-3-12-25(13-4-1)27-22-23-29-28(24-27)16-11-19-32(29)36-38-35(26-14-5-2-6-15-26)39-37(40-36)41-33-20-9-7-17-30(33)31-18-8-10-21-34(31)41;/h1-12,14-23H;/q-2;+2. The van der Waals surface area contributed by atoms with Gasteiger partial charge >= 0.3 is 31.1 Å². The Labute approximate surface area is 267 Å². The van der Waals surface area contributed by atoms with Crippen LogP contribution in [0, 0.1) is 43.2 Å². The summed E-state index contributed by atoms with van der Waals surface area (Å²) >= 11 is 0. The number of benzene rings is 6. The summed E-state index contributed by atoms with van der Waals surface area (Å²) in [4.78, 5) is 15.2. The Balaban J connectivity index is 0.00000288. The van der Waals surface area contributed by atoms with E-state index in [1.54, 1.807) is 0 Å². The number of para-hydroxylation sites is 2. The number of nitrogens with zero attached hydrogens (tertiary/aromatic N) is 4. The third-order valence-corrected chi connectivity index (χ3v) is 7.47. The van der Waals surface area contributed by atoms with Crippen LogP contribution in [0.15, 0.2) is 133 Å². The van der Waals surface area contributed by atoms with Gasteiger partial charge in [0.2, 0.25) is 5.95 Å². The van der Waals surface area contributed by atoms with Crippen molar-refractivity contribution in [2.24, 2.45) is 0 Å². The molecular formula is C37H22N4U. The van der Waals surface area contributed by atoms with E-state index >= 15 is 0 Å². The molecule has 0 spiro atoms. The molecule has 5 heteroatoms. The first-order chi connectivity index (χ1) is 20.3. The summed E-state index contributed by atoms with van der Waals surface area (Å²) in [5.41, 5.74) is 6.00. The fraction of sp³-hybridized carbons (Fsp3) is 0. The van der Waals surface area contributed by atoms with Crippen LogP contribution in [0.5, 0.6) is 0 Å². The van der Waals surface area contributed by atoms with Crippen LogP contribution in [0.2, 0.25) is 0 Å². The van der Waals surface area contributed by atoms with Crippen molar-refractivity contribution in [1.29, 1.82) is 0 Å². The van der Waals surface area contributed by atoms with Gasteiger partial charge in [-0.15, -0.1) is 23.6 Å². The van der Waals surface area contributed by atoms with Crippen molar-refractivity contribution in [2.75, 3.05) is 0 Å². The van der Waals surface area contributed by atoms with Gasteiger partial charge in [-0.3, -0.25) is 4.57 Å². The number of aromatic nitrogens is 4. The number of hydrogen-bond donors (Lipinski definition) is 0. The molecule has 0 saturated carbocycles. The maximum Gasteiger partial charge on any atom is 2.00 e. The maximum absolute atomic E-state index is 5.12. The van der Waals surface area contributed by atoms with Crippen LogP contribution >= 0.6 is 0 Å². The Morgan fingerprint density at radius 1 is 0.500 bits per heavy atom. The van der Waals surface area contributed by atoms with Crippen molar-refractivity contribution in [3.05, 3.63) is 146 Å². The van der Waals surface area contributed by atoms with Gasteiger partial charge in [-0.1, -0.05) is 84.2 Å². The molecule has 0 aliphatic rings. The maximum atomic E-state index is 5.12. The van der Waals surface area contributed by atoms with E-state index in [1.807, 2.05) is 54.6 Å². The van der Waals surface area contributed by atoms with Crippen molar-refractivity contribution in [1.82, 2.24) is 19.5 Å². The molecule has 0 saturated heterocycles. The Hall–Kier alpha value is -4.56. The van der Waals surface area contributed by atoms with Gasteiger partial charge in [0.1, 0.15) is 0 Å². The third kappa shape index (κ3) is 4.52. The molecule has 2 heterocycles. The van der Waals surface area contributed by atoms with Crippen molar-refractivity contribution in [3.8, 4) is 39.9 Å². The topological polar surface area (TPSA) is 43.6 Å². The van der Waals surface area contributed by atoms with Crippen LogP contribution in [0.25, 0.3) is 72.4 Å². The Morgan fingerprint density at radius 3 is 1.93 bits per heavy atom. The molecule has 0 radical (unpaired) electrons. The molecule has 0 unspecified atom stereocenters. The SMILES string of the molecule is [U+2].[c-]1ccccc1-c1[c-]c2cccc(-c3nc(-c4ccccc4)nc(-n4c5ccccc5c5ccccc54)n3)c2cc1. The zero-order chi connectivity index (χ0) is 27.2. The third-order valence-electron chi connectivity index (χ3n) is 7.47. The van der Waals surface area contributed by atoms with Gasteiger partial charge in [0.05, 0.1) is 11.0 Å². The summed E-state index contributed by atoms with van der Waals surface area (Å²) < 4.78 is 2.14. The predicted octanol–water partition coefficient (Wildman–Crippen LogP) is 8.72. The van der Waals surface area contributed by atoms with Crippen LogP contribution in [0.3, 0.4) is 0 Å². The van der Waals surface area contributed by atoms with Crippen molar-refractivity contribution >= 4 is 32.6 Å². The van der Waals surface area contributed by atoms with E-state index in [-0.39, 0.29) is 31.1 Å². The fourth-order valence-corrected chi connectivity index (χ4v) is 5.56. The van der Waals surface area contributed by atoms with Gasteiger partial charge in [-0.25, -0.2) is 10.5 Å². The molecule has 0 amide bonds. The molecule has 0 N–H and O–H groups in total. The zero-order valence-electron chi connectivity index (χ0n) is 22.5. The smallest absolute Gasteiger partial charge is 0.278 e. The molecule has 8 aromatic rings. The molecular weight excluding hydrogens is 738 g/mol. The van der Waals surface area contributed by atoms with Crippen LogP contribution in [0.1, 0.15) is 0 Å². The number of fused-ring (bicyclic) bond motifs is 4. The second-order valence-electron chi connectivity index (χ2n) is 9.93. The Kier molecular flexibility index (Phi) is 6.92. The van der Waals surface area contributed by atoms with Crippen LogP contribution in [0.4, 0.5) is 0 Å². The zero-order valence-corrected chi connectivity index (χ0v) is 26.7. The fourth-order valence-electron chi connectivity index (χ4n) is 5.56. The summed E-state index contributed by atoms with van der Waals surface area (Å²) in [6.07, 6.45) is 0. The van der Waals surface area contributed by atoms with E-state index in [1.165, 1.54) is 0 Å². The molecule has 0 atom stereocenters. The molecule has 2 aromatic heterocycles. The Morgan fingerprint density at radius 2 is 1.19 bits per heavy atom. The van der Waals surface area contributed by atoms with Gasteiger partial charge in [-0.05, 0) is 17.7 Å². The molecule has 42 heavy (non-hydrogen) atoms. The summed E-state index contributed by atoms with van der Waals surface area (Å²) in [7, 11) is 0. The number of rotatable bonds is 4. The monoisotopic (exact) mass is 760 g/mol. The second-order valence-corrected chi connectivity index (χ2v) is 9.93. The number of hydrogen-bond acceptors (Lipinski definition) is 3. The summed E-state index contributed by atoms with van der Waals surface area (Å²) in [5.74, 6) is 1.83. The molecule has 4 nitrogen and oxygen atoms in total. The van der Waals surface area contributed by atoms with E-state index in [2.05, 4.69) is 95.6 Å². The first-order valence-corrected chi connectivity index (χ1v) is 13.6. The van der Waals surface area contributed by atoms with Crippen molar-refractivity contribution in [3.63, 3.8) is 0 Å². The minimum absolute atomic E-state index is 0. The predicted molar refractivity (Wildman–Crippen MR) is 166 cm³/mol. The van der Waals surface area contributed by atoms with Crippen LogP contribution in [-0.4, -0.2) is 19.5 Å². The molecule has 6 aromatic carbocycles. The average Bonchev–Trinajstić information content (AvgIpc) is 3.39. The molecule has 0 bridgehead atoms. The minimum atomic E-state index is 0. The van der Waals surface area contributed by atoms with Gasteiger partial charge in [0, 0.05) is 16.3 Å². The first kappa shape index (κ1) is 26.3. The molecule has 0 aliphatic carbocycles. The van der Waals surface area contributed by atoms with E-state index < -0.39 is 0 Å². The summed E-state index contributed by atoms with van der Waals surface area (Å²) in [6.45, 7) is 0. The largest absolute Gasteiger partial charge is 2.00 e. The second kappa shape index (κ2) is 11.0. The van der Waals surface area contributed by atoms with Crippen LogP contribution in [-0.2, 0) is 0 Å². The van der Waals surface area contributed by atoms with E-state index in [0.717, 1.165) is 54.8 Å². The normalized spacial score (nSPS) is 11.1.